The highest BCUT2D eigenvalue weighted by molar-refractivity contribution is 7.89. The first-order valence-electron chi connectivity index (χ1n) is 11.5. The molecule has 0 spiro atoms. The average Bonchev–Trinajstić information content (AvgIpc) is 3.27. The van der Waals surface area contributed by atoms with Crippen LogP contribution in [0.15, 0.2) is 47.4 Å². The van der Waals surface area contributed by atoms with Crippen LogP contribution in [0.4, 0.5) is 5.13 Å². The van der Waals surface area contributed by atoms with E-state index >= 15 is 0 Å². The third kappa shape index (κ3) is 5.81. The van der Waals surface area contributed by atoms with Crippen LogP contribution in [0.25, 0.3) is 10.2 Å². The summed E-state index contributed by atoms with van der Waals surface area (Å²) in [7, 11) is 0.265. The predicted octanol–water partition coefficient (Wildman–Crippen LogP) is 2.92. The van der Waals surface area contributed by atoms with Crippen molar-refractivity contribution in [1.82, 2.24) is 14.2 Å². The third-order valence-electron chi connectivity index (χ3n) is 5.62. The van der Waals surface area contributed by atoms with Gasteiger partial charge in [0.15, 0.2) is 5.13 Å². The Bertz CT molecular complexity index is 1270. The first-order chi connectivity index (χ1) is 16.8. The van der Waals surface area contributed by atoms with Crippen LogP contribution >= 0.6 is 11.3 Å². The Morgan fingerprint density at radius 3 is 2.49 bits per heavy atom. The van der Waals surface area contributed by atoms with Gasteiger partial charge in [-0.1, -0.05) is 11.3 Å². The molecule has 4 rings (SSSR count). The summed E-state index contributed by atoms with van der Waals surface area (Å²) in [4.78, 5) is 22.0. The van der Waals surface area contributed by atoms with Gasteiger partial charge in [-0.25, -0.2) is 13.4 Å². The molecular formula is C24H30N4O5S2. The highest BCUT2D eigenvalue weighted by atomic mass is 32.2. The maximum absolute atomic E-state index is 13.5. The topological polar surface area (TPSA) is 92.3 Å². The summed E-state index contributed by atoms with van der Waals surface area (Å²) < 4.78 is 39.0. The molecule has 1 aliphatic rings. The fourth-order valence-electron chi connectivity index (χ4n) is 3.71. The molecule has 1 fully saturated rings. The van der Waals surface area contributed by atoms with Crippen molar-refractivity contribution in [2.24, 2.45) is 0 Å². The van der Waals surface area contributed by atoms with Crippen LogP contribution in [-0.2, 0) is 14.8 Å². The van der Waals surface area contributed by atoms with E-state index in [-0.39, 0.29) is 10.8 Å². The van der Waals surface area contributed by atoms with Crippen molar-refractivity contribution in [2.75, 3.05) is 65.0 Å². The maximum Gasteiger partial charge on any atom is 0.260 e. The zero-order chi connectivity index (χ0) is 25.0. The molecule has 1 saturated heterocycles. The summed E-state index contributed by atoms with van der Waals surface area (Å²) in [5.74, 6) is 0.532. The van der Waals surface area contributed by atoms with E-state index < -0.39 is 10.0 Å². The van der Waals surface area contributed by atoms with Crippen molar-refractivity contribution in [2.45, 2.75) is 11.8 Å². The average molecular weight is 519 g/mol. The van der Waals surface area contributed by atoms with E-state index in [1.165, 1.54) is 27.8 Å². The number of fused-ring (bicyclic) bond motifs is 1. The van der Waals surface area contributed by atoms with Gasteiger partial charge in [-0.15, -0.1) is 0 Å². The lowest BCUT2D eigenvalue weighted by Crippen LogP contribution is -2.40. The fourth-order valence-corrected chi connectivity index (χ4v) is 6.14. The summed E-state index contributed by atoms with van der Waals surface area (Å²) in [5.41, 5.74) is 1.20. The highest BCUT2D eigenvalue weighted by Crippen LogP contribution is 2.32. The van der Waals surface area contributed by atoms with E-state index in [2.05, 4.69) is 0 Å². The number of nitrogens with zero attached hydrogens (tertiary/aromatic N) is 4. The van der Waals surface area contributed by atoms with E-state index in [4.69, 9.17) is 14.5 Å². The number of aromatic nitrogens is 1. The summed E-state index contributed by atoms with van der Waals surface area (Å²) >= 11 is 1.43. The molecule has 0 bridgehead atoms. The van der Waals surface area contributed by atoms with Crippen LogP contribution in [0.1, 0.15) is 17.3 Å². The second-order valence-electron chi connectivity index (χ2n) is 8.36. The Kier molecular flexibility index (Phi) is 8.02. The zero-order valence-corrected chi connectivity index (χ0v) is 21.8. The third-order valence-corrected chi connectivity index (χ3v) is 8.57. The minimum atomic E-state index is -3.62. The van der Waals surface area contributed by atoms with Crippen molar-refractivity contribution >= 4 is 42.6 Å². The number of rotatable bonds is 9. The van der Waals surface area contributed by atoms with Crippen LogP contribution in [0.5, 0.6) is 5.75 Å². The fraction of sp³-hybridized carbons (Fsp3) is 0.417. The van der Waals surface area contributed by atoms with E-state index in [1.54, 1.807) is 17.0 Å². The Morgan fingerprint density at radius 2 is 1.83 bits per heavy atom. The monoisotopic (exact) mass is 518 g/mol. The lowest BCUT2D eigenvalue weighted by molar-refractivity contribution is 0.0730. The molecule has 11 heteroatoms. The van der Waals surface area contributed by atoms with Gasteiger partial charge in [0.25, 0.3) is 5.91 Å². The standard InChI is InChI=1S/C24H30N4O5S2/c1-4-33-19-7-10-21-22(17-19)34-24(25-21)28(12-11-26(2)3)23(29)18-5-8-20(9-6-18)35(30,31)27-13-15-32-16-14-27/h5-10,17H,4,11-16H2,1-3H3. The zero-order valence-electron chi connectivity index (χ0n) is 20.1. The summed E-state index contributed by atoms with van der Waals surface area (Å²) in [6.45, 7) is 5.00. The molecule has 2 aromatic carbocycles. The van der Waals surface area contributed by atoms with Crippen LogP contribution in [0, 0.1) is 0 Å². The summed E-state index contributed by atoms with van der Waals surface area (Å²) in [6, 6.07) is 11.8. The lowest BCUT2D eigenvalue weighted by Gasteiger charge is -2.26. The first kappa shape index (κ1) is 25.5. The number of thiazole rings is 1. The summed E-state index contributed by atoms with van der Waals surface area (Å²) in [6.07, 6.45) is 0. The van der Waals surface area contributed by atoms with Crippen molar-refractivity contribution in [3.8, 4) is 5.75 Å². The molecule has 35 heavy (non-hydrogen) atoms. The summed E-state index contributed by atoms with van der Waals surface area (Å²) in [5, 5.41) is 0.588. The molecule has 9 nitrogen and oxygen atoms in total. The van der Waals surface area contributed by atoms with Gasteiger partial charge in [-0.3, -0.25) is 9.69 Å². The van der Waals surface area contributed by atoms with E-state index in [1.807, 2.05) is 44.1 Å². The normalized spacial score (nSPS) is 15.0. The number of ether oxygens (including phenoxy) is 2. The Morgan fingerprint density at radius 1 is 1.11 bits per heavy atom. The molecule has 1 aromatic heterocycles. The van der Waals surface area contributed by atoms with Crippen LogP contribution in [-0.4, -0.2) is 88.6 Å². The van der Waals surface area contributed by atoms with Gasteiger partial charge in [0.2, 0.25) is 10.0 Å². The molecule has 2 heterocycles. The van der Waals surface area contributed by atoms with Crippen LogP contribution in [0.2, 0.25) is 0 Å². The van der Waals surface area contributed by atoms with E-state index in [9.17, 15) is 13.2 Å². The van der Waals surface area contributed by atoms with Gasteiger partial charge in [-0.05, 0) is 63.5 Å². The SMILES string of the molecule is CCOc1ccc2nc(N(CCN(C)C)C(=O)c3ccc(S(=O)(=O)N4CCOCC4)cc3)sc2c1. The quantitative estimate of drug-likeness (QED) is 0.430. The predicted molar refractivity (Wildman–Crippen MR) is 137 cm³/mol. The number of sulfonamides is 1. The second kappa shape index (κ2) is 11.0. The molecule has 0 saturated carbocycles. The molecule has 0 aliphatic carbocycles. The minimum absolute atomic E-state index is 0.166. The first-order valence-corrected chi connectivity index (χ1v) is 13.7. The number of likely N-dealkylation sites (N-methyl/N-ethyl adjacent to an activating group) is 1. The molecule has 0 unspecified atom stereocenters. The molecule has 188 valence electrons. The number of hydrogen-bond acceptors (Lipinski definition) is 8. The largest absolute Gasteiger partial charge is 0.494 e. The molecule has 0 radical (unpaired) electrons. The lowest BCUT2D eigenvalue weighted by atomic mass is 10.2. The smallest absolute Gasteiger partial charge is 0.260 e. The number of hydrogen-bond donors (Lipinski definition) is 0. The Labute approximate surface area is 209 Å². The number of carbonyl (C=O) groups excluding carboxylic acids is 1. The Balaban J connectivity index is 1.61. The Hall–Kier alpha value is -2.57. The number of morpholine rings is 1. The number of amides is 1. The second-order valence-corrected chi connectivity index (χ2v) is 11.3. The maximum atomic E-state index is 13.5. The van der Waals surface area contributed by atoms with Gasteiger partial charge in [0.1, 0.15) is 5.75 Å². The molecule has 0 atom stereocenters. The molecule has 3 aromatic rings. The molecule has 0 N–H and O–H groups in total. The van der Waals surface area contributed by atoms with Crippen LogP contribution in [0.3, 0.4) is 0 Å². The number of benzene rings is 2. The van der Waals surface area contributed by atoms with Gasteiger partial charge < -0.3 is 14.4 Å². The van der Waals surface area contributed by atoms with Crippen molar-refractivity contribution in [3.63, 3.8) is 0 Å². The van der Waals surface area contributed by atoms with Crippen molar-refractivity contribution in [1.29, 1.82) is 0 Å². The molecule has 1 aliphatic heterocycles. The molecular weight excluding hydrogens is 488 g/mol. The minimum Gasteiger partial charge on any atom is -0.494 e. The number of carbonyl (C=O) groups is 1. The number of anilines is 1. The highest BCUT2D eigenvalue weighted by Gasteiger charge is 2.27. The van der Waals surface area contributed by atoms with Crippen molar-refractivity contribution < 1.29 is 22.7 Å². The van der Waals surface area contributed by atoms with Crippen LogP contribution < -0.4 is 9.64 Å². The van der Waals surface area contributed by atoms with E-state index in [0.717, 1.165) is 16.0 Å². The molecule has 1 amide bonds. The van der Waals surface area contributed by atoms with Gasteiger partial charge in [0.05, 0.1) is 34.9 Å². The van der Waals surface area contributed by atoms with Gasteiger partial charge in [-0.2, -0.15) is 4.31 Å². The van der Waals surface area contributed by atoms with Crippen molar-refractivity contribution in [3.05, 3.63) is 48.0 Å². The van der Waals surface area contributed by atoms with E-state index in [0.29, 0.717) is 56.7 Å². The van der Waals surface area contributed by atoms with Gasteiger partial charge in [0, 0.05) is 31.7 Å². The van der Waals surface area contributed by atoms with Gasteiger partial charge >= 0.3 is 0 Å².